The highest BCUT2D eigenvalue weighted by Gasteiger charge is 2.39. The Morgan fingerprint density at radius 2 is 1.95 bits per heavy atom. The number of anilines is 1. The van der Waals surface area contributed by atoms with Crippen LogP contribution in [0.4, 0.5) is 5.69 Å². The minimum absolute atomic E-state index is 0.0700. The molecule has 1 aromatic rings. The Morgan fingerprint density at radius 3 is 2.55 bits per heavy atom. The first-order valence-electron chi connectivity index (χ1n) is 8.04. The van der Waals surface area contributed by atoms with Crippen molar-refractivity contribution in [1.29, 1.82) is 0 Å². The Bertz CT molecular complexity index is 540. The maximum atomic E-state index is 11.9. The summed E-state index contributed by atoms with van der Waals surface area (Å²) in [6.45, 7) is 3.17. The molecule has 0 radical (unpaired) electrons. The minimum Gasteiger partial charge on any atom is -0.370 e. The lowest BCUT2D eigenvalue weighted by molar-refractivity contribution is -0.169. The van der Waals surface area contributed by atoms with Crippen molar-refractivity contribution in [2.24, 2.45) is 0 Å². The van der Waals surface area contributed by atoms with Crippen LogP contribution in [-0.2, 0) is 9.47 Å². The number of pyridine rings is 1. The van der Waals surface area contributed by atoms with Gasteiger partial charge in [0.1, 0.15) is 5.69 Å². The van der Waals surface area contributed by atoms with Crippen LogP contribution in [0.1, 0.15) is 36.2 Å². The highest BCUT2D eigenvalue weighted by Crippen LogP contribution is 2.33. The van der Waals surface area contributed by atoms with Gasteiger partial charge in [-0.3, -0.25) is 4.79 Å². The lowest BCUT2D eigenvalue weighted by Crippen LogP contribution is -2.45. The van der Waals surface area contributed by atoms with E-state index in [2.05, 4.69) is 15.2 Å². The molecule has 0 aromatic carbocycles. The minimum atomic E-state index is -0.353. The number of ether oxygens (including phenoxy) is 2. The summed E-state index contributed by atoms with van der Waals surface area (Å²) in [6.07, 6.45) is 5.71. The number of nitrogens with zero attached hydrogens (tertiary/aromatic N) is 2. The van der Waals surface area contributed by atoms with Crippen molar-refractivity contribution in [3.8, 4) is 0 Å². The molecule has 1 saturated carbocycles. The van der Waals surface area contributed by atoms with Gasteiger partial charge in [-0.25, -0.2) is 4.98 Å². The van der Waals surface area contributed by atoms with Crippen molar-refractivity contribution >= 4 is 11.6 Å². The van der Waals surface area contributed by atoms with Crippen LogP contribution in [0.25, 0.3) is 0 Å². The van der Waals surface area contributed by atoms with Crippen LogP contribution >= 0.6 is 0 Å². The molecule has 118 valence electrons. The van der Waals surface area contributed by atoms with Gasteiger partial charge >= 0.3 is 0 Å². The monoisotopic (exact) mass is 303 g/mol. The van der Waals surface area contributed by atoms with Crippen molar-refractivity contribution in [3.63, 3.8) is 0 Å². The Balaban J connectivity index is 1.37. The Kier molecular flexibility index (Phi) is 3.50. The molecule has 1 N–H and O–H groups in total. The van der Waals surface area contributed by atoms with Crippen molar-refractivity contribution in [3.05, 3.63) is 24.0 Å². The largest absolute Gasteiger partial charge is 0.370 e. The SMILES string of the molecule is O=C(NC1CC1)c1ccc(N2CCC3(CC2)OCCO3)cn1. The Labute approximate surface area is 129 Å². The van der Waals surface area contributed by atoms with E-state index in [1.54, 1.807) is 12.3 Å². The molecule has 1 spiro atoms. The van der Waals surface area contributed by atoms with Crippen LogP contribution in [0.15, 0.2) is 18.3 Å². The topological polar surface area (TPSA) is 63.7 Å². The Morgan fingerprint density at radius 1 is 1.23 bits per heavy atom. The van der Waals surface area contributed by atoms with E-state index < -0.39 is 0 Å². The smallest absolute Gasteiger partial charge is 0.270 e. The van der Waals surface area contributed by atoms with Gasteiger partial charge in [0.05, 0.1) is 25.1 Å². The second-order valence-corrected chi connectivity index (χ2v) is 6.24. The number of carbonyl (C=O) groups is 1. The first-order valence-corrected chi connectivity index (χ1v) is 8.04. The number of piperidine rings is 1. The fraction of sp³-hybridized carbons (Fsp3) is 0.625. The summed E-state index contributed by atoms with van der Waals surface area (Å²) in [5.74, 6) is -0.423. The van der Waals surface area contributed by atoms with E-state index in [1.807, 2.05) is 6.07 Å². The molecule has 3 aliphatic rings. The van der Waals surface area contributed by atoms with E-state index in [1.165, 1.54) is 0 Å². The molecule has 2 aliphatic heterocycles. The summed E-state index contributed by atoms with van der Waals surface area (Å²) in [5, 5.41) is 2.95. The van der Waals surface area contributed by atoms with Crippen LogP contribution in [0.2, 0.25) is 0 Å². The standard InChI is InChI=1S/C16H21N3O3/c20-15(18-12-1-2-12)14-4-3-13(11-17-14)19-7-5-16(6-8-19)21-9-10-22-16/h3-4,11-12H,1-2,5-10H2,(H,18,20). The second-order valence-electron chi connectivity index (χ2n) is 6.24. The van der Waals surface area contributed by atoms with Gasteiger partial charge in [-0.1, -0.05) is 0 Å². The predicted octanol–water partition coefficient (Wildman–Crippen LogP) is 1.32. The van der Waals surface area contributed by atoms with Gasteiger partial charge in [-0.2, -0.15) is 0 Å². The number of amides is 1. The number of nitrogens with one attached hydrogen (secondary N) is 1. The molecule has 22 heavy (non-hydrogen) atoms. The van der Waals surface area contributed by atoms with E-state index in [0.29, 0.717) is 24.9 Å². The second kappa shape index (κ2) is 5.52. The number of aromatic nitrogens is 1. The van der Waals surface area contributed by atoms with Gasteiger partial charge in [0.15, 0.2) is 5.79 Å². The van der Waals surface area contributed by atoms with Crippen LogP contribution < -0.4 is 10.2 Å². The molecule has 0 bridgehead atoms. The maximum absolute atomic E-state index is 11.9. The molecule has 0 unspecified atom stereocenters. The zero-order valence-corrected chi connectivity index (χ0v) is 12.6. The first-order chi connectivity index (χ1) is 10.7. The van der Waals surface area contributed by atoms with E-state index in [-0.39, 0.29) is 11.7 Å². The molecule has 1 aliphatic carbocycles. The van der Waals surface area contributed by atoms with Crippen LogP contribution in [0.3, 0.4) is 0 Å². The molecule has 1 aromatic heterocycles. The van der Waals surface area contributed by atoms with Crippen molar-refractivity contribution in [2.75, 3.05) is 31.2 Å². The van der Waals surface area contributed by atoms with Crippen LogP contribution in [0.5, 0.6) is 0 Å². The average molecular weight is 303 g/mol. The predicted molar refractivity (Wildman–Crippen MR) is 80.8 cm³/mol. The lowest BCUT2D eigenvalue weighted by Gasteiger charge is -2.38. The first kappa shape index (κ1) is 14.0. The van der Waals surface area contributed by atoms with Gasteiger partial charge < -0.3 is 19.7 Å². The fourth-order valence-electron chi connectivity index (χ4n) is 3.09. The fourth-order valence-corrected chi connectivity index (χ4v) is 3.09. The summed E-state index contributed by atoms with van der Waals surface area (Å²) in [4.78, 5) is 18.5. The van der Waals surface area contributed by atoms with Gasteiger partial charge in [0, 0.05) is 32.0 Å². The van der Waals surface area contributed by atoms with Crippen molar-refractivity contribution in [2.45, 2.75) is 37.5 Å². The van der Waals surface area contributed by atoms with E-state index in [4.69, 9.17) is 9.47 Å². The third-order valence-corrected chi connectivity index (χ3v) is 4.60. The molecule has 6 heteroatoms. The van der Waals surface area contributed by atoms with E-state index in [0.717, 1.165) is 44.5 Å². The molecular weight excluding hydrogens is 282 g/mol. The summed E-state index contributed by atoms with van der Waals surface area (Å²) < 4.78 is 11.5. The third kappa shape index (κ3) is 2.80. The molecule has 3 fully saturated rings. The molecule has 4 rings (SSSR count). The number of hydrogen-bond acceptors (Lipinski definition) is 5. The quantitative estimate of drug-likeness (QED) is 0.912. The molecule has 2 saturated heterocycles. The number of hydrogen-bond donors (Lipinski definition) is 1. The summed E-state index contributed by atoms with van der Waals surface area (Å²) in [6, 6.07) is 4.14. The zero-order chi connectivity index (χ0) is 15.0. The highest BCUT2D eigenvalue weighted by molar-refractivity contribution is 5.92. The average Bonchev–Trinajstić information content (AvgIpc) is 3.26. The molecule has 0 atom stereocenters. The van der Waals surface area contributed by atoms with E-state index >= 15 is 0 Å². The number of rotatable bonds is 3. The maximum Gasteiger partial charge on any atom is 0.270 e. The third-order valence-electron chi connectivity index (χ3n) is 4.60. The lowest BCUT2D eigenvalue weighted by atomic mass is 10.0. The number of carbonyl (C=O) groups excluding carboxylic acids is 1. The van der Waals surface area contributed by atoms with Gasteiger partial charge in [-0.05, 0) is 25.0 Å². The Hall–Kier alpha value is -1.66. The summed E-state index contributed by atoms with van der Waals surface area (Å²) in [7, 11) is 0. The molecule has 1 amide bonds. The summed E-state index contributed by atoms with van der Waals surface area (Å²) in [5.41, 5.74) is 1.54. The highest BCUT2D eigenvalue weighted by atomic mass is 16.7. The normalized spacial score (nSPS) is 23.7. The van der Waals surface area contributed by atoms with Crippen LogP contribution in [0, 0.1) is 0 Å². The molecular formula is C16H21N3O3. The summed E-state index contributed by atoms with van der Waals surface area (Å²) >= 11 is 0. The van der Waals surface area contributed by atoms with Crippen LogP contribution in [-0.4, -0.2) is 49.0 Å². The van der Waals surface area contributed by atoms with Gasteiger partial charge in [0.25, 0.3) is 5.91 Å². The van der Waals surface area contributed by atoms with E-state index in [9.17, 15) is 4.79 Å². The molecule has 6 nitrogen and oxygen atoms in total. The van der Waals surface area contributed by atoms with Gasteiger partial charge in [-0.15, -0.1) is 0 Å². The molecule has 3 heterocycles. The van der Waals surface area contributed by atoms with Crippen molar-refractivity contribution in [1.82, 2.24) is 10.3 Å². The van der Waals surface area contributed by atoms with Gasteiger partial charge in [0.2, 0.25) is 0 Å². The zero-order valence-electron chi connectivity index (χ0n) is 12.6. The van der Waals surface area contributed by atoms with Crippen molar-refractivity contribution < 1.29 is 14.3 Å².